The van der Waals surface area contributed by atoms with E-state index >= 15 is 0 Å². The van der Waals surface area contributed by atoms with Gasteiger partial charge in [-0.05, 0) is 18.4 Å². The van der Waals surface area contributed by atoms with Crippen LogP contribution in [0.25, 0.3) is 10.6 Å². The summed E-state index contributed by atoms with van der Waals surface area (Å²) in [5, 5.41) is 12.4. The van der Waals surface area contributed by atoms with Crippen LogP contribution in [0.1, 0.15) is 36.3 Å². The van der Waals surface area contributed by atoms with Gasteiger partial charge in [-0.2, -0.15) is 0 Å². The largest absolute Gasteiger partial charge is 0.309 e. The zero-order valence-corrected chi connectivity index (χ0v) is 18.3. The smallest absolute Gasteiger partial charge is 0.191 e. The highest BCUT2D eigenvalue weighted by atomic mass is 32.2. The van der Waals surface area contributed by atoms with E-state index in [-0.39, 0.29) is 17.4 Å². The number of hydrogen-bond acceptors (Lipinski definition) is 7. The number of aryl methyl sites for hydroxylation is 1. The van der Waals surface area contributed by atoms with Crippen LogP contribution in [0.5, 0.6) is 0 Å². The van der Waals surface area contributed by atoms with Gasteiger partial charge < -0.3 is 4.57 Å². The highest BCUT2D eigenvalue weighted by Gasteiger charge is 2.32. The molecule has 1 saturated heterocycles. The minimum absolute atomic E-state index is 0.0474. The molecule has 28 heavy (non-hydrogen) atoms. The van der Waals surface area contributed by atoms with Crippen LogP contribution in [0, 0.1) is 0 Å². The molecular weight excluding hydrogens is 412 g/mol. The van der Waals surface area contributed by atoms with Crippen molar-refractivity contribution in [3.05, 3.63) is 46.7 Å². The maximum Gasteiger partial charge on any atom is 0.191 e. The van der Waals surface area contributed by atoms with Gasteiger partial charge >= 0.3 is 0 Å². The molecule has 2 aromatic heterocycles. The number of thiazole rings is 1. The molecule has 0 spiro atoms. The third-order valence-electron chi connectivity index (χ3n) is 4.98. The number of hydrogen-bond donors (Lipinski definition) is 0. The Morgan fingerprint density at radius 3 is 2.71 bits per heavy atom. The van der Waals surface area contributed by atoms with Crippen molar-refractivity contribution < 1.29 is 8.42 Å². The second-order valence-corrected chi connectivity index (χ2v) is 11.0. The minimum Gasteiger partial charge on any atom is -0.309 e. The fourth-order valence-electron chi connectivity index (χ4n) is 3.33. The summed E-state index contributed by atoms with van der Waals surface area (Å²) < 4.78 is 25.4. The molecule has 1 atom stereocenters. The predicted molar refractivity (Wildman–Crippen MR) is 114 cm³/mol. The zero-order chi connectivity index (χ0) is 19.7. The van der Waals surface area contributed by atoms with Gasteiger partial charge in [-0.1, -0.05) is 43.0 Å². The minimum atomic E-state index is -2.93. The Balaban J connectivity index is 1.42. The van der Waals surface area contributed by atoms with E-state index < -0.39 is 9.84 Å². The van der Waals surface area contributed by atoms with E-state index in [1.165, 1.54) is 5.56 Å². The standard InChI is InChI=1S/C19H22N4O2S3/c1-3-13-4-6-14(7-5-13)18-20-16(10-26-18)11-27-19-22-21-17(23(19)2)15-8-9-28(24,25)12-15/h4-7,10,15H,3,8-9,11-12H2,1-2H3. The lowest BCUT2D eigenvalue weighted by molar-refractivity contribution is 0.599. The van der Waals surface area contributed by atoms with E-state index in [4.69, 9.17) is 4.98 Å². The Morgan fingerprint density at radius 1 is 1.25 bits per heavy atom. The van der Waals surface area contributed by atoms with Crippen LogP contribution in [0.3, 0.4) is 0 Å². The van der Waals surface area contributed by atoms with Crippen molar-refractivity contribution in [1.29, 1.82) is 0 Å². The van der Waals surface area contributed by atoms with Crippen molar-refractivity contribution in [2.75, 3.05) is 11.5 Å². The Hall–Kier alpha value is -1.71. The third kappa shape index (κ3) is 4.16. The highest BCUT2D eigenvalue weighted by molar-refractivity contribution is 7.98. The molecule has 1 unspecified atom stereocenters. The lowest BCUT2D eigenvalue weighted by Crippen LogP contribution is -2.09. The number of rotatable bonds is 6. The summed E-state index contributed by atoms with van der Waals surface area (Å²) in [6.07, 6.45) is 1.66. The molecule has 3 heterocycles. The Morgan fingerprint density at radius 2 is 2.04 bits per heavy atom. The summed E-state index contributed by atoms with van der Waals surface area (Å²) in [5.41, 5.74) is 3.48. The molecule has 148 valence electrons. The van der Waals surface area contributed by atoms with E-state index in [1.807, 2.05) is 11.6 Å². The van der Waals surface area contributed by atoms with Crippen molar-refractivity contribution in [1.82, 2.24) is 19.7 Å². The summed E-state index contributed by atoms with van der Waals surface area (Å²) >= 11 is 3.23. The molecule has 1 fully saturated rings. The first-order chi connectivity index (χ1) is 13.4. The van der Waals surface area contributed by atoms with Crippen LogP contribution in [0.15, 0.2) is 34.8 Å². The molecule has 0 N–H and O–H groups in total. The number of benzene rings is 1. The van der Waals surface area contributed by atoms with Crippen LogP contribution < -0.4 is 0 Å². The molecular formula is C19H22N4O2S3. The lowest BCUT2D eigenvalue weighted by atomic mass is 10.1. The first-order valence-corrected chi connectivity index (χ1v) is 12.9. The molecule has 3 aromatic rings. The highest BCUT2D eigenvalue weighted by Crippen LogP contribution is 2.31. The predicted octanol–water partition coefficient (Wildman–Crippen LogP) is 3.70. The lowest BCUT2D eigenvalue weighted by Gasteiger charge is -2.07. The van der Waals surface area contributed by atoms with Crippen molar-refractivity contribution in [3.8, 4) is 10.6 Å². The molecule has 0 saturated carbocycles. The quantitative estimate of drug-likeness (QED) is 0.551. The van der Waals surface area contributed by atoms with Gasteiger partial charge in [0.15, 0.2) is 15.0 Å². The second kappa shape index (κ2) is 7.96. The normalized spacial score (nSPS) is 18.6. The maximum absolute atomic E-state index is 11.7. The SMILES string of the molecule is CCc1ccc(-c2nc(CSc3nnc(C4CCS(=O)(=O)C4)n3C)cs2)cc1. The van der Waals surface area contributed by atoms with Crippen molar-refractivity contribution in [3.63, 3.8) is 0 Å². The fourth-order valence-corrected chi connectivity index (χ4v) is 6.81. The van der Waals surface area contributed by atoms with Crippen LogP contribution in [0.4, 0.5) is 0 Å². The van der Waals surface area contributed by atoms with Crippen molar-refractivity contribution >= 4 is 32.9 Å². The molecule has 4 rings (SSSR count). The molecule has 0 amide bonds. The van der Waals surface area contributed by atoms with E-state index in [2.05, 4.69) is 46.8 Å². The van der Waals surface area contributed by atoms with Gasteiger partial charge in [-0.25, -0.2) is 13.4 Å². The van der Waals surface area contributed by atoms with Gasteiger partial charge in [0.1, 0.15) is 10.8 Å². The summed E-state index contributed by atoms with van der Waals surface area (Å²) in [4.78, 5) is 4.74. The number of aromatic nitrogens is 4. The maximum atomic E-state index is 11.7. The molecule has 0 aliphatic carbocycles. The first-order valence-electron chi connectivity index (χ1n) is 9.21. The number of sulfone groups is 1. The number of thioether (sulfide) groups is 1. The molecule has 1 aromatic carbocycles. The summed E-state index contributed by atoms with van der Waals surface area (Å²) in [5.74, 6) is 1.84. The average molecular weight is 435 g/mol. The molecule has 9 heteroatoms. The Labute approximate surface area is 173 Å². The van der Waals surface area contributed by atoms with E-state index in [0.717, 1.165) is 33.7 Å². The molecule has 1 aliphatic heterocycles. The van der Waals surface area contributed by atoms with E-state index in [0.29, 0.717) is 12.2 Å². The fraction of sp³-hybridized carbons (Fsp3) is 0.421. The second-order valence-electron chi connectivity index (χ2n) is 6.98. The topological polar surface area (TPSA) is 77.7 Å². The van der Waals surface area contributed by atoms with E-state index in [1.54, 1.807) is 23.1 Å². The van der Waals surface area contributed by atoms with Crippen LogP contribution in [-0.4, -0.2) is 39.7 Å². The zero-order valence-electron chi connectivity index (χ0n) is 15.8. The Bertz CT molecular complexity index is 1070. The first kappa shape index (κ1) is 19.6. The Kier molecular flexibility index (Phi) is 5.57. The summed E-state index contributed by atoms with van der Waals surface area (Å²) in [6, 6.07) is 8.54. The third-order valence-corrected chi connectivity index (χ3v) is 8.74. The van der Waals surface area contributed by atoms with Crippen LogP contribution in [-0.2, 0) is 29.1 Å². The summed E-state index contributed by atoms with van der Waals surface area (Å²) in [6.45, 7) is 2.15. The van der Waals surface area contributed by atoms with Crippen LogP contribution >= 0.6 is 23.1 Å². The summed E-state index contributed by atoms with van der Waals surface area (Å²) in [7, 11) is -1.02. The van der Waals surface area contributed by atoms with E-state index in [9.17, 15) is 8.42 Å². The van der Waals surface area contributed by atoms with Gasteiger partial charge in [0.2, 0.25) is 0 Å². The van der Waals surface area contributed by atoms with Gasteiger partial charge in [-0.3, -0.25) is 0 Å². The van der Waals surface area contributed by atoms with Gasteiger partial charge in [0.05, 0.1) is 17.2 Å². The van der Waals surface area contributed by atoms with Crippen molar-refractivity contribution in [2.24, 2.45) is 7.05 Å². The molecule has 6 nitrogen and oxygen atoms in total. The van der Waals surface area contributed by atoms with Crippen molar-refractivity contribution in [2.45, 2.75) is 36.6 Å². The van der Waals surface area contributed by atoms with Crippen LogP contribution in [0.2, 0.25) is 0 Å². The van der Waals surface area contributed by atoms with Gasteiger partial charge in [0, 0.05) is 29.7 Å². The van der Waals surface area contributed by atoms with Gasteiger partial charge in [0.25, 0.3) is 0 Å². The van der Waals surface area contributed by atoms with Gasteiger partial charge in [-0.15, -0.1) is 21.5 Å². The molecule has 1 aliphatic rings. The monoisotopic (exact) mass is 434 g/mol. The number of nitrogens with zero attached hydrogens (tertiary/aromatic N) is 4. The molecule has 0 radical (unpaired) electrons. The average Bonchev–Trinajstić information content (AvgIpc) is 3.39. The molecule has 0 bridgehead atoms.